The van der Waals surface area contributed by atoms with Crippen LogP contribution >= 0.6 is 0 Å². The number of anilines is 2. The first-order valence-electron chi connectivity index (χ1n) is 11.9. The molecule has 0 aliphatic heterocycles. The third-order valence-corrected chi connectivity index (χ3v) is 7.21. The second-order valence-corrected chi connectivity index (χ2v) is 10.6. The van der Waals surface area contributed by atoms with Crippen molar-refractivity contribution in [2.45, 2.75) is 88.7 Å². The molecule has 4 N–H and O–H groups in total. The molecule has 1 aromatic carbocycles. The summed E-state index contributed by atoms with van der Waals surface area (Å²) in [5, 5.41) is 23.1. The number of aliphatic hydroxyl groups excluding tert-OH is 1. The largest absolute Gasteiger partial charge is 1.00 e. The average molecular weight is 482 g/mol. The van der Waals surface area contributed by atoms with Crippen LogP contribution in [0.3, 0.4) is 0 Å². The molecule has 0 spiro atoms. The van der Waals surface area contributed by atoms with E-state index in [1.165, 1.54) is 31.4 Å². The molecule has 182 valence electrons. The molecule has 1 fully saturated rings. The Balaban J connectivity index is 0.00000408. The number of sulfonamides is 1. The van der Waals surface area contributed by atoms with Gasteiger partial charge >= 0.3 is 18.9 Å². The minimum absolute atomic E-state index is 0. The van der Waals surface area contributed by atoms with E-state index in [-0.39, 0.29) is 35.9 Å². The van der Waals surface area contributed by atoms with Crippen molar-refractivity contribution in [1.29, 1.82) is 0 Å². The number of rotatable bonds is 11. The van der Waals surface area contributed by atoms with Crippen molar-refractivity contribution in [2.75, 3.05) is 5.32 Å². The van der Waals surface area contributed by atoms with Crippen molar-refractivity contribution in [3.05, 3.63) is 41.3 Å². The van der Waals surface area contributed by atoms with Crippen LogP contribution in [0.4, 0.5) is 17.5 Å². The fourth-order valence-corrected chi connectivity index (χ4v) is 4.85. The number of primary sulfonamides is 1. The third-order valence-electron chi connectivity index (χ3n) is 6.28. The molecule has 8 nitrogen and oxygen atoms in total. The van der Waals surface area contributed by atoms with Gasteiger partial charge in [-0.15, -0.1) is 0 Å². The topological polar surface area (TPSA) is 132 Å². The van der Waals surface area contributed by atoms with Gasteiger partial charge in [-0.2, -0.15) is 0 Å². The van der Waals surface area contributed by atoms with Crippen LogP contribution in [-0.4, -0.2) is 35.6 Å². The molecule has 0 radical (unpaired) electrons. The van der Waals surface area contributed by atoms with Crippen LogP contribution in [0, 0.1) is 12.8 Å². The van der Waals surface area contributed by atoms with E-state index in [0.29, 0.717) is 17.5 Å². The number of benzene rings is 1. The summed E-state index contributed by atoms with van der Waals surface area (Å²) in [6, 6.07) is 6.41. The predicted octanol–water partition coefficient (Wildman–Crippen LogP) is 2.08. The minimum Gasteiger partial charge on any atom is -0.462 e. The van der Waals surface area contributed by atoms with Crippen molar-refractivity contribution in [1.82, 2.24) is 9.97 Å². The van der Waals surface area contributed by atoms with Crippen LogP contribution in [-0.2, 0) is 10.0 Å². The van der Waals surface area contributed by atoms with E-state index in [1.807, 2.05) is 6.92 Å². The third kappa shape index (κ3) is 8.86. The van der Waals surface area contributed by atoms with Gasteiger partial charge < -0.3 is 20.7 Å². The first-order valence-corrected chi connectivity index (χ1v) is 13.4. The number of nitrogens with zero attached hydrogens (tertiary/aromatic N) is 3. The summed E-state index contributed by atoms with van der Waals surface area (Å²) in [6.07, 6.45) is 11.2. The summed E-state index contributed by atoms with van der Waals surface area (Å²) in [6.45, 7) is 4.07. The van der Waals surface area contributed by atoms with Crippen molar-refractivity contribution < 1.29 is 32.4 Å². The maximum atomic E-state index is 11.4. The second-order valence-electron chi connectivity index (χ2n) is 9.07. The first kappa shape index (κ1) is 28.6. The summed E-state index contributed by atoms with van der Waals surface area (Å²) in [7, 11) is -3.72. The Morgan fingerprint density at radius 3 is 2.47 bits per heavy atom. The van der Waals surface area contributed by atoms with Gasteiger partial charge in [0.25, 0.3) is 0 Å². The monoisotopic (exact) mass is 481 g/mol. The van der Waals surface area contributed by atoms with E-state index < -0.39 is 10.0 Å². The molecule has 34 heavy (non-hydrogen) atoms. The van der Waals surface area contributed by atoms with E-state index in [9.17, 15) is 13.5 Å². The Bertz CT molecular complexity index is 996. The van der Waals surface area contributed by atoms with E-state index in [2.05, 4.69) is 22.2 Å². The van der Waals surface area contributed by atoms with Crippen molar-refractivity contribution in [3.63, 3.8) is 0 Å². The Labute approximate surface area is 215 Å². The minimum atomic E-state index is -3.72. The molecule has 1 atom stereocenters. The molecule has 0 saturated heterocycles. The summed E-state index contributed by atoms with van der Waals surface area (Å²) in [5.41, 5.74) is 1.60. The zero-order chi connectivity index (χ0) is 23.8. The number of aliphatic hydroxyl groups is 1. The zero-order valence-corrected chi connectivity index (χ0v) is 21.4. The van der Waals surface area contributed by atoms with E-state index >= 15 is 0 Å². The summed E-state index contributed by atoms with van der Waals surface area (Å²) >= 11 is 0. The molecule has 3 rings (SSSR count). The van der Waals surface area contributed by atoms with Gasteiger partial charge in [0.1, 0.15) is 5.95 Å². The predicted molar refractivity (Wildman–Crippen MR) is 131 cm³/mol. The fraction of sp³-hybridized carbons (Fsp3) is 0.583. The molecule has 1 unspecified atom stereocenters. The molecule has 1 aliphatic carbocycles. The summed E-state index contributed by atoms with van der Waals surface area (Å²) < 4.78 is 22.8. The summed E-state index contributed by atoms with van der Waals surface area (Å²) in [5.74, 6) is 1.84. The number of aromatic nitrogens is 2. The Kier molecular flexibility index (Phi) is 11.3. The molecule has 0 bridgehead atoms. The average Bonchev–Trinajstić information content (AvgIpc) is 2.77. The van der Waals surface area contributed by atoms with Crippen LogP contribution in [0.15, 0.2) is 35.4 Å². The molecule has 0 amide bonds. The molecular weight excluding hydrogens is 445 g/mol. The molecular formula is C24H36LiN5O3S. The number of aryl methyl sites for hydroxylation is 1. The summed E-state index contributed by atoms with van der Waals surface area (Å²) in [4.78, 5) is 8.96. The SMILES string of the molecule is CCCC(O)CCCC1CCC([N-]c2nc(Nc3ccc(S(N)(=O)=O)cc3)ncc2C)CC1.[Li+]. The van der Waals surface area contributed by atoms with Crippen molar-refractivity contribution in [2.24, 2.45) is 11.1 Å². The number of nitrogens with two attached hydrogens (primary N) is 1. The second kappa shape index (κ2) is 13.5. The number of hydrogen-bond acceptors (Lipinski definition) is 6. The molecule has 1 heterocycles. The maximum absolute atomic E-state index is 11.4. The van der Waals surface area contributed by atoms with Crippen LogP contribution in [0.2, 0.25) is 0 Å². The Morgan fingerprint density at radius 2 is 1.85 bits per heavy atom. The van der Waals surface area contributed by atoms with Crippen molar-refractivity contribution in [3.8, 4) is 0 Å². The van der Waals surface area contributed by atoms with Gasteiger partial charge in [0.05, 0.1) is 11.0 Å². The Morgan fingerprint density at radius 1 is 1.18 bits per heavy atom. The van der Waals surface area contributed by atoms with E-state index in [4.69, 9.17) is 10.5 Å². The standard InChI is InChI=1S/C24H36N5O3S.Li/c1-3-5-21(30)7-4-6-18-8-10-19(11-9-18)27-23-17(2)16-26-24(29-23)28-20-12-14-22(15-13-20)33(25,31)32;/h12-16,18-19,21,30H,3-11H2,1-2H3,(H3-,25,26,27,28,29,31,32);/q-1;+1. The van der Waals surface area contributed by atoms with Gasteiger partial charge in [0.2, 0.25) is 10.0 Å². The normalized spacial score (nSPS) is 19.2. The van der Waals surface area contributed by atoms with Gasteiger partial charge in [0.15, 0.2) is 0 Å². The molecule has 1 aromatic heterocycles. The molecule has 1 aliphatic rings. The van der Waals surface area contributed by atoms with Gasteiger partial charge in [-0.25, -0.2) is 18.5 Å². The van der Waals surface area contributed by atoms with E-state index in [0.717, 1.165) is 50.0 Å². The van der Waals surface area contributed by atoms with Crippen LogP contribution in [0.5, 0.6) is 0 Å². The molecule has 10 heteroatoms. The van der Waals surface area contributed by atoms with Crippen LogP contribution < -0.4 is 29.3 Å². The van der Waals surface area contributed by atoms with Gasteiger partial charge in [-0.3, -0.25) is 0 Å². The van der Waals surface area contributed by atoms with Gasteiger partial charge in [-0.05, 0) is 61.6 Å². The fourth-order valence-electron chi connectivity index (χ4n) is 4.34. The van der Waals surface area contributed by atoms with Gasteiger partial charge in [0, 0.05) is 11.9 Å². The quantitative estimate of drug-likeness (QED) is 0.421. The molecule has 2 aromatic rings. The van der Waals surface area contributed by atoms with Gasteiger partial charge in [-0.1, -0.05) is 57.7 Å². The van der Waals surface area contributed by atoms with E-state index in [1.54, 1.807) is 18.3 Å². The van der Waals surface area contributed by atoms with Crippen LogP contribution in [0.1, 0.15) is 70.3 Å². The number of nitrogens with one attached hydrogen (secondary N) is 1. The maximum Gasteiger partial charge on any atom is 1.00 e. The van der Waals surface area contributed by atoms with Crippen LogP contribution in [0.25, 0.3) is 5.32 Å². The van der Waals surface area contributed by atoms with Crippen molar-refractivity contribution >= 4 is 27.5 Å². The Hall–Kier alpha value is -1.63. The number of hydrogen-bond donors (Lipinski definition) is 3. The zero-order valence-electron chi connectivity index (χ0n) is 20.6. The first-order chi connectivity index (χ1) is 15.7. The smallest absolute Gasteiger partial charge is 0.462 e. The molecule has 1 saturated carbocycles.